The molecule has 0 spiro atoms. The van der Waals surface area contributed by atoms with Gasteiger partial charge in [0, 0.05) is 25.2 Å². The molecule has 0 fully saturated rings. The van der Waals surface area contributed by atoms with Gasteiger partial charge in [0.1, 0.15) is 11.6 Å². The van der Waals surface area contributed by atoms with Crippen LogP contribution in [0.25, 0.3) is 0 Å². The first-order valence-corrected chi connectivity index (χ1v) is 4.42. The second kappa shape index (κ2) is 4.84. The molecular weight excluding hydrogens is 202 g/mol. The average Bonchev–Trinajstić information content (AvgIpc) is 2.20. The van der Waals surface area contributed by atoms with E-state index in [0.717, 1.165) is 12.1 Å². The molecule has 0 heterocycles. The van der Waals surface area contributed by atoms with Gasteiger partial charge in [-0.25, -0.2) is 8.78 Å². The number of nitrogens with zero attached hydrogens (tertiary/aromatic N) is 1. The molecule has 0 aliphatic rings. The molecule has 2 N–H and O–H groups in total. The van der Waals surface area contributed by atoms with Crippen LogP contribution in [-0.4, -0.2) is 24.4 Å². The summed E-state index contributed by atoms with van der Waals surface area (Å²) >= 11 is 0. The van der Waals surface area contributed by atoms with Crippen LogP contribution in [0.2, 0.25) is 0 Å². The lowest BCUT2D eigenvalue weighted by atomic mass is 10.2. The van der Waals surface area contributed by atoms with Crippen molar-refractivity contribution in [3.8, 4) is 0 Å². The molecule has 5 heteroatoms. The van der Waals surface area contributed by atoms with Gasteiger partial charge in [-0.15, -0.1) is 0 Å². The normalized spacial score (nSPS) is 10.1. The molecule has 0 bridgehead atoms. The summed E-state index contributed by atoms with van der Waals surface area (Å²) in [4.78, 5) is 12.4. The number of amides is 1. The lowest BCUT2D eigenvalue weighted by Crippen LogP contribution is -2.32. The molecule has 0 aromatic heterocycles. The first-order chi connectivity index (χ1) is 7.04. The van der Waals surface area contributed by atoms with E-state index in [1.807, 2.05) is 0 Å². The highest BCUT2D eigenvalue weighted by atomic mass is 19.1. The van der Waals surface area contributed by atoms with Gasteiger partial charge >= 0.3 is 0 Å². The number of benzene rings is 1. The van der Waals surface area contributed by atoms with Gasteiger partial charge in [-0.3, -0.25) is 4.79 Å². The number of hydrogen-bond acceptors (Lipinski definition) is 2. The summed E-state index contributed by atoms with van der Waals surface area (Å²) in [6.45, 7) is -0.0402. The topological polar surface area (TPSA) is 46.3 Å². The van der Waals surface area contributed by atoms with Crippen LogP contribution in [-0.2, 0) is 11.3 Å². The van der Waals surface area contributed by atoms with Crippen LogP contribution in [0.3, 0.4) is 0 Å². The first-order valence-electron chi connectivity index (χ1n) is 4.42. The van der Waals surface area contributed by atoms with Crippen LogP contribution in [0.1, 0.15) is 5.56 Å². The van der Waals surface area contributed by atoms with E-state index in [4.69, 9.17) is 5.73 Å². The zero-order valence-electron chi connectivity index (χ0n) is 8.34. The lowest BCUT2D eigenvalue weighted by Gasteiger charge is -2.16. The Bertz CT molecular complexity index is 368. The van der Waals surface area contributed by atoms with Gasteiger partial charge in [-0.05, 0) is 6.07 Å². The van der Waals surface area contributed by atoms with Gasteiger partial charge in [0.05, 0.1) is 6.54 Å². The lowest BCUT2D eigenvalue weighted by molar-refractivity contribution is -0.128. The fourth-order valence-corrected chi connectivity index (χ4v) is 1.15. The Morgan fingerprint density at radius 3 is 2.67 bits per heavy atom. The molecule has 3 nitrogen and oxygen atoms in total. The quantitative estimate of drug-likeness (QED) is 0.812. The van der Waals surface area contributed by atoms with Gasteiger partial charge in [-0.2, -0.15) is 0 Å². The first kappa shape index (κ1) is 11.6. The summed E-state index contributed by atoms with van der Waals surface area (Å²) in [5, 5.41) is 0. The van der Waals surface area contributed by atoms with E-state index in [1.165, 1.54) is 18.0 Å². The third kappa shape index (κ3) is 2.99. The molecule has 15 heavy (non-hydrogen) atoms. The number of nitrogens with two attached hydrogens (primary N) is 1. The Kier molecular flexibility index (Phi) is 3.74. The molecule has 1 rings (SSSR count). The van der Waals surface area contributed by atoms with E-state index >= 15 is 0 Å². The standard InChI is InChI=1S/C10H12F2N2O/c1-14(10(15)5-13)6-7-2-3-8(11)4-9(7)12/h2-4H,5-6,13H2,1H3. The molecule has 82 valence electrons. The van der Waals surface area contributed by atoms with E-state index in [2.05, 4.69) is 0 Å². The maximum Gasteiger partial charge on any atom is 0.236 e. The van der Waals surface area contributed by atoms with Crippen molar-refractivity contribution >= 4 is 5.91 Å². The van der Waals surface area contributed by atoms with E-state index < -0.39 is 11.6 Å². The second-order valence-corrected chi connectivity index (χ2v) is 3.19. The SMILES string of the molecule is CN(Cc1ccc(F)cc1F)C(=O)CN. The largest absolute Gasteiger partial charge is 0.340 e. The molecule has 0 saturated carbocycles. The van der Waals surface area contributed by atoms with Crippen molar-refractivity contribution in [3.05, 3.63) is 35.4 Å². The summed E-state index contributed by atoms with van der Waals surface area (Å²) in [6.07, 6.45) is 0. The van der Waals surface area contributed by atoms with Crippen molar-refractivity contribution in [2.75, 3.05) is 13.6 Å². The van der Waals surface area contributed by atoms with Crippen molar-refractivity contribution in [2.45, 2.75) is 6.54 Å². The fraction of sp³-hybridized carbons (Fsp3) is 0.300. The molecule has 0 radical (unpaired) electrons. The maximum absolute atomic E-state index is 13.2. The van der Waals surface area contributed by atoms with Crippen molar-refractivity contribution in [2.24, 2.45) is 5.73 Å². The van der Waals surface area contributed by atoms with E-state index in [1.54, 1.807) is 0 Å². The minimum atomic E-state index is -0.660. The number of carbonyl (C=O) groups excluding carboxylic acids is 1. The third-order valence-electron chi connectivity index (χ3n) is 2.02. The highest BCUT2D eigenvalue weighted by Gasteiger charge is 2.10. The van der Waals surface area contributed by atoms with Crippen LogP contribution in [0.4, 0.5) is 8.78 Å². The summed E-state index contributed by atoms with van der Waals surface area (Å²) in [7, 11) is 1.51. The number of rotatable bonds is 3. The van der Waals surface area contributed by atoms with Gasteiger partial charge < -0.3 is 10.6 Å². The van der Waals surface area contributed by atoms with Gasteiger partial charge in [-0.1, -0.05) is 6.07 Å². The van der Waals surface area contributed by atoms with Crippen LogP contribution < -0.4 is 5.73 Å². The van der Waals surface area contributed by atoms with Gasteiger partial charge in [0.2, 0.25) is 5.91 Å². The number of carbonyl (C=O) groups is 1. The van der Waals surface area contributed by atoms with Crippen molar-refractivity contribution < 1.29 is 13.6 Å². The third-order valence-corrected chi connectivity index (χ3v) is 2.02. The Hall–Kier alpha value is -1.49. The van der Waals surface area contributed by atoms with Crippen LogP contribution in [0.15, 0.2) is 18.2 Å². The molecule has 0 aliphatic carbocycles. The minimum absolute atomic E-state index is 0.0855. The Morgan fingerprint density at radius 2 is 2.13 bits per heavy atom. The summed E-state index contributed by atoms with van der Waals surface area (Å²) < 4.78 is 25.7. The molecule has 0 unspecified atom stereocenters. The van der Waals surface area contributed by atoms with Crippen molar-refractivity contribution in [3.63, 3.8) is 0 Å². The number of halogens is 2. The van der Waals surface area contributed by atoms with E-state index in [0.29, 0.717) is 0 Å². The van der Waals surface area contributed by atoms with E-state index in [9.17, 15) is 13.6 Å². The van der Waals surface area contributed by atoms with Crippen LogP contribution in [0.5, 0.6) is 0 Å². The van der Waals surface area contributed by atoms with Gasteiger partial charge in [0.25, 0.3) is 0 Å². The molecule has 0 atom stereocenters. The Labute approximate surface area is 86.5 Å². The van der Waals surface area contributed by atoms with Gasteiger partial charge in [0.15, 0.2) is 0 Å². The second-order valence-electron chi connectivity index (χ2n) is 3.19. The summed E-state index contributed by atoms with van der Waals surface area (Å²) in [5.41, 5.74) is 5.41. The monoisotopic (exact) mass is 214 g/mol. The molecule has 0 saturated heterocycles. The fourth-order valence-electron chi connectivity index (χ4n) is 1.15. The highest BCUT2D eigenvalue weighted by Crippen LogP contribution is 2.11. The number of hydrogen-bond donors (Lipinski definition) is 1. The number of likely N-dealkylation sites (N-methyl/N-ethyl adjacent to an activating group) is 1. The van der Waals surface area contributed by atoms with Crippen molar-refractivity contribution in [1.82, 2.24) is 4.90 Å². The summed E-state index contributed by atoms with van der Waals surface area (Å²) in [6, 6.07) is 3.25. The molecule has 0 aliphatic heterocycles. The van der Waals surface area contributed by atoms with Crippen LogP contribution >= 0.6 is 0 Å². The zero-order chi connectivity index (χ0) is 11.4. The molecule has 1 aromatic carbocycles. The highest BCUT2D eigenvalue weighted by molar-refractivity contribution is 5.77. The maximum atomic E-state index is 13.2. The molecule has 1 aromatic rings. The molecular formula is C10H12F2N2O. The minimum Gasteiger partial charge on any atom is -0.340 e. The summed E-state index contributed by atoms with van der Waals surface area (Å²) in [5.74, 6) is -1.59. The van der Waals surface area contributed by atoms with Crippen molar-refractivity contribution in [1.29, 1.82) is 0 Å². The zero-order valence-corrected chi connectivity index (χ0v) is 8.34. The average molecular weight is 214 g/mol. The predicted octanol–water partition coefficient (Wildman–Crippen LogP) is 0.882. The Morgan fingerprint density at radius 1 is 1.47 bits per heavy atom. The molecule has 1 amide bonds. The van der Waals surface area contributed by atoms with Crippen LogP contribution in [0, 0.1) is 11.6 Å². The smallest absolute Gasteiger partial charge is 0.236 e. The Balaban J connectivity index is 2.76. The van der Waals surface area contributed by atoms with E-state index in [-0.39, 0.29) is 24.6 Å². The predicted molar refractivity (Wildman–Crippen MR) is 51.9 cm³/mol.